The highest BCUT2D eigenvalue weighted by atomic mass is 32.1. The average molecular weight is 703 g/mol. The van der Waals surface area contributed by atoms with Crippen molar-refractivity contribution >= 4 is 71.1 Å². The van der Waals surface area contributed by atoms with Gasteiger partial charge in [0.15, 0.2) is 0 Å². The Morgan fingerprint density at radius 1 is 0.765 bits per heavy atom. The van der Waals surface area contributed by atoms with Crippen molar-refractivity contribution < 1.29 is 14.1 Å². The van der Waals surface area contributed by atoms with Crippen LogP contribution in [-0.4, -0.2) is 24.5 Å². The summed E-state index contributed by atoms with van der Waals surface area (Å²) < 4.78 is 19.7. The number of rotatable bonds is 4. The Morgan fingerprint density at radius 2 is 1.37 bits per heavy atom. The van der Waals surface area contributed by atoms with Gasteiger partial charge >= 0.3 is 0 Å². The molecule has 0 amide bonds. The smallest absolute Gasteiger partial charge is 0.145 e. The van der Waals surface area contributed by atoms with Crippen LogP contribution >= 0.6 is 22.7 Å². The van der Waals surface area contributed by atoms with Crippen molar-refractivity contribution in [2.45, 2.75) is 13.3 Å². The van der Waals surface area contributed by atoms with E-state index in [2.05, 4.69) is 126 Å². The highest BCUT2D eigenvalue weighted by Gasteiger charge is 2.22. The van der Waals surface area contributed by atoms with Crippen molar-refractivity contribution in [2.75, 3.05) is 14.2 Å². The Bertz CT molecular complexity index is 2530. The van der Waals surface area contributed by atoms with Crippen molar-refractivity contribution in [3.63, 3.8) is 0 Å². The first-order valence-corrected chi connectivity index (χ1v) is 18.3. The molecule has 0 radical (unpaired) electrons. The van der Waals surface area contributed by atoms with Gasteiger partial charge in [-0.15, -0.1) is 22.7 Å². The van der Waals surface area contributed by atoms with Gasteiger partial charge in [0, 0.05) is 31.7 Å². The van der Waals surface area contributed by atoms with E-state index in [0.717, 1.165) is 81.9 Å². The number of methoxy groups -OCH3 is 2. The second-order valence-electron chi connectivity index (χ2n) is 12.2. The second-order valence-corrected chi connectivity index (χ2v) is 14.3. The molecule has 7 aromatic rings. The van der Waals surface area contributed by atoms with E-state index in [1.807, 2.05) is 19.1 Å². The lowest BCUT2D eigenvalue weighted by Gasteiger charge is -2.08. The Morgan fingerprint density at radius 3 is 1.98 bits per heavy atom. The number of allylic oxidation sites excluding steroid dienone is 10. The summed E-state index contributed by atoms with van der Waals surface area (Å²) in [7, 11) is 3.51. The fraction of sp³-hybridized carbons (Fsp3) is 0.0909. The summed E-state index contributed by atoms with van der Waals surface area (Å²) in [5.74, 6) is 1.77. The molecule has 0 fully saturated rings. The third-order valence-corrected chi connectivity index (χ3v) is 11.5. The molecule has 0 unspecified atom stereocenters. The van der Waals surface area contributed by atoms with E-state index >= 15 is 0 Å². The van der Waals surface area contributed by atoms with Gasteiger partial charge < -0.3 is 9.47 Å². The lowest BCUT2D eigenvalue weighted by Crippen LogP contribution is -1.90. The van der Waals surface area contributed by atoms with Crippen LogP contribution < -0.4 is 9.47 Å². The quantitative estimate of drug-likeness (QED) is 0.183. The molecule has 0 atom stereocenters. The molecule has 6 aliphatic heterocycles. The van der Waals surface area contributed by atoms with Gasteiger partial charge in [0.25, 0.3) is 0 Å². The number of hydrogen-bond acceptors (Lipinski definition) is 7. The molecular weight excluding hydrogens is 669 g/mol. The molecule has 0 saturated carbocycles. The van der Waals surface area contributed by atoms with Crippen molar-refractivity contribution in [3.05, 3.63) is 150 Å². The molecule has 0 spiro atoms. The largest absolute Gasteiger partial charge is 0.495 e. The Hall–Kier alpha value is -5.76. The monoisotopic (exact) mass is 702 g/mol. The van der Waals surface area contributed by atoms with Gasteiger partial charge in [0.1, 0.15) is 22.5 Å². The molecule has 0 N–H and O–H groups in total. The van der Waals surface area contributed by atoms with E-state index in [9.17, 15) is 0 Å². The Balaban J connectivity index is 1.29. The van der Waals surface area contributed by atoms with Crippen LogP contribution in [0, 0.1) is 0 Å². The summed E-state index contributed by atoms with van der Waals surface area (Å²) in [6.45, 7) is 5.98. The van der Waals surface area contributed by atoms with E-state index in [-0.39, 0.29) is 0 Å². The number of aromatic nitrogens is 2. The zero-order valence-electron chi connectivity index (χ0n) is 28.5. The average Bonchev–Trinajstić information content (AvgIpc) is 3.93. The molecule has 250 valence electrons. The molecule has 12 bridgehead atoms. The predicted molar refractivity (Wildman–Crippen MR) is 216 cm³/mol. The van der Waals surface area contributed by atoms with Crippen LogP contribution in [0.4, 0.5) is 0 Å². The number of thiophene rings is 2. The summed E-state index contributed by atoms with van der Waals surface area (Å²) in [5.41, 5.74) is 9.87. The number of ether oxygens (including phenoxy) is 2. The van der Waals surface area contributed by atoms with Gasteiger partial charge in [-0.05, 0) is 69.2 Å². The van der Waals surface area contributed by atoms with Crippen LogP contribution in [-0.2, 0) is 6.42 Å². The van der Waals surface area contributed by atoms with Gasteiger partial charge in [0.05, 0.1) is 23.6 Å². The zero-order valence-corrected chi connectivity index (χ0v) is 30.1. The van der Waals surface area contributed by atoms with Crippen molar-refractivity contribution in [1.82, 2.24) is 10.3 Å². The number of benzene rings is 4. The molecule has 7 heteroatoms. The Kier molecular flexibility index (Phi) is 8.82. The van der Waals surface area contributed by atoms with Gasteiger partial charge in [-0.2, -0.15) is 0 Å². The van der Waals surface area contributed by atoms with Gasteiger partial charge in [-0.25, -0.2) is 4.63 Å². The van der Waals surface area contributed by atoms with Crippen LogP contribution in [0.1, 0.15) is 29.2 Å². The fourth-order valence-electron chi connectivity index (χ4n) is 6.65. The molecule has 13 rings (SSSR count). The molecule has 4 aromatic carbocycles. The molecule has 3 aromatic heterocycles. The molecule has 5 nitrogen and oxygen atoms in total. The lowest BCUT2D eigenvalue weighted by atomic mass is 9.96. The van der Waals surface area contributed by atoms with E-state index in [4.69, 9.17) is 14.1 Å². The van der Waals surface area contributed by atoms with Crippen molar-refractivity contribution in [3.8, 4) is 32.4 Å². The summed E-state index contributed by atoms with van der Waals surface area (Å²) in [6, 6.07) is 26.0. The third kappa shape index (κ3) is 5.94. The van der Waals surface area contributed by atoms with Gasteiger partial charge in [-0.3, -0.25) is 0 Å². The number of hydrogen-bond donors (Lipinski definition) is 0. The summed E-state index contributed by atoms with van der Waals surface area (Å²) in [4.78, 5) is 2.33. The van der Waals surface area contributed by atoms with E-state index in [1.165, 1.54) is 10.4 Å². The molecule has 0 aliphatic carbocycles. The summed E-state index contributed by atoms with van der Waals surface area (Å²) in [6.07, 6.45) is 19.2. The van der Waals surface area contributed by atoms with E-state index in [1.54, 1.807) is 43.0 Å². The molecule has 0 saturated heterocycles. The molecule has 51 heavy (non-hydrogen) atoms. The first kappa shape index (κ1) is 32.4. The van der Waals surface area contributed by atoms with E-state index < -0.39 is 0 Å². The van der Waals surface area contributed by atoms with Crippen molar-refractivity contribution in [1.29, 1.82) is 0 Å². The Labute approximate surface area is 304 Å². The molecule has 9 heterocycles. The fourth-order valence-corrected chi connectivity index (χ4v) is 9.05. The zero-order chi connectivity index (χ0) is 34.9. The highest BCUT2D eigenvalue weighted by molar-refractivity contribution is 7.24. The van der Waals surface area contributed by atoms with Gasteiger partial charge in [0.2, 0.25) is 0 Å². The van der Waals surface area contributed by atoms with Crippen molar-refractivity contribution in [2.24, 2.45) is 0 Å². The first-order valence-electron chi connectivity index (χ1n) is 16.7. The number of fused-ring (bicyclic) bond motifs is 2. The summed E-state index contributed by atoms with van der Waals surface area (Å²) in [5, 5.41) is 10.8. The molecule has 6 aliphatic rings. The third-order valence-electron chi connectivity index (χ3n) is 9.10. The maximum atomic E-state index is 6.10. The minimum absolute atomic E-state index is 0.705. The second kappa shape index (κ2) is 13.9. The minimum Gasteiger partial charge on any atom is -0.495 e. The highest BCUT2D eigenvalue weighted by Crippen LogP contribution is 2.52. The lowest BCUT2D eigenvalue weighted by molar-refractivity contribution is 0.315. The van der Waals surface area contributed by atoms with Crippen LogP contribution in [0.25, 0.3) is 69.3 Å². The predicted octanol–water partition coefficient (Wildman–Crippen LogP) is 12.4. The first-order chi connectivity index (χ1) is 25.1. The number of nitrogens with zero attached hydrogens (tertiary/aromatic N) is 2. The maximum absolute atomic E-state index is 6.10. The van der Waals surface area contributed by atoms with Crippen LogP contribution in [0.5, 0.6) is 11.5 Å². The van der Waals surface area contributed by atoms with Gasteiger partial charge in [-0.1, -0.05) is 122 Å². The van der Waals surface area contributed by atoms with Crippen LogP contribution in [0.2, 0.25) is 0 Å². The standard InChI is InChI=1S/C44H34N2O3S2/c1-5-9-29-13-7-11-27-15-19-31(20-16-27)37-25-35-41(47-3)44-36(42(48-4)43(35)50-37)26-38(51-44)32-21-17-28(18-22-32)12-8-14-30(10-6-2)34-24-23-33(29)39-40(34)46-49-45-39/h5-10,12-26H,1,11H2,2-4H3/b10-6-,12-8-,13-7-,29-9+,30-14+. The normalized spacial score (nSPS) is 16.4. The molecular formula is C44H34N2O3S2. The maximum Gasteiger partial charge on any atom is 0.145 e. The van der Waals surface area contributed by atoms with E-state index in [0.29, 0.717) is 11.0 Å². The SMILES string of the molecule is C=C/C=C1\C=C/Cc2ccc(cc2)-c2cc3c(OC)c4sc(cc4c(OC)c3s2)-c2ccc(cc2)\C=C/C=C(\C=C/C)c2ccc1c1nonc21. The van der Waals surface area contributed by atoms with Crippen LogP contribution in [0.3, 0.4) is 0 Å². The topological polar surface area (TPSA) is 57.4 Å². The summed E-state index contributed by atoms with van der Waals surface area (Å²) >= 11 is 3.46. The minimum atomic E-state index is 0.705. The van der Waals surface area contributed by atoms with Crippen LogP contribution in [0.15, 0.2) is 133 Å².